The van der Waals surface area contributed by atoms with Crippen LogP contribution in [0.3, 0.4) is 0 Å². The highest BCUT2D eigenvalue weighted by Crippen LogP contribution is 2.48. The van der Waals surface area contributed by atoms with Gasteiger partial charge < -0.3 is 133 Å². The number of aliphatic hydroxyl groups is 9. The molecular weight excluding hydrogens is 1570 g/mol. The van der Waals surface area contributed by atoms with Gasteiger partial charge in [-0.15, -0.1) is 9.42 Å². The monoisotopic (exact) mass is 1680 g/mol. The topological polar surface area (TPSA) is 622 Å². The predicted octanol–water partition coefficient (Wildman–Crippen LogP) is -1.37. The van der Waals surface area contributed by atoms with Gasteiger partial charge in [-0.25, -0.2) is 13.7 Å². The van der Waals surface area contributed by atoms with E-state index in [-0.39, 0.29) is 85.0 Å². The number of unbranched alkanes of at least 4 members (excludes halogenated alkanes) is 9. The number of aliphatic hydroxyl groups excluding tert-OH is 9. The number of rotatable bonds is 60. The van der Waals surface area contributed by atoms with Crippen LogP contribution in [-0.2, 0) is 121 Å². The number of hydrogen-bond acceptors (Lipinski definition) is 35. The molecule has 43 nitrogen and oxygen atoms in total. The summed E-state index contributed by atoms with van der Waals surface area (Å²) in [6.07, 6.45) is -14.0. The second kappa shape index (κ2) is 52.1. The van der Waals surface area contributed by atoms with E-state index in [4.69, 9.17) is 91.4 Å². The molecule has 636 valence electrons. The Labute approximate surface area is 634 Å². The van der Waals surface area contributed by atoms with E-state index in [9.17, 15) is 108 Å². The largest absolute Gasteiger partial charge is 0.695 e. The average Bonchev–Trinajstić information content (AvgIpc) is 1.45. The van der Waals surface area contributed by atoms with Crippen molar-refractivity contribution in [2.24, 2.45) is 5.41 Å². The second-order valence-electron chi connectivity index (χ2n) is 26.4. The summed E-state index contributed by atoms with van der Waals surface area (Å²) in [5, 5.41) is 98.4. The maximum Gasteiger partial charge on any atom is 0.695 e. The minimum Gasteiger partial charge on any atom is -0.394 e. The lowest BCUT2D eigenvalue weighted by atomic mass is 9.92. The number of amides is 3. The number of phosphoric acid groups is 3. The van der Waals surface area contributed by atoms with E-state index in [1.165, 1.54) is 20.8 Å². The molecule has 4 fully saturated rings. The molecule has 109 heavy (non-hydrogen) atoms. The molecular formula is C60H114BN3O40P5+. The molecule has 49 heteroatoms. The fraction of sp³-hybridized carbons (Fsp3) is 0.950. The Bertz CT molecular complexity index is 2710. The molecule has 3 amide bonds. The van der Waals surface area contributed by atoms with E-state index in [1.54, 1.807) is 0 Å². The first kappa shape index (κ1) is 99.6. The van der Waals surface area contributed by atoms with E-state index in [0.717, 1.165) is 0 Å². The molecule has 4 rings (SSSR count). The summed E-state index contributed by atoms with van der Waals surface area (Å²) < 4.78 is 163. The van der Waals surface area contributed by atoms with Crippen molar-refractivity contribution in [3.63, 3.8) is 0 Å². The second-order valence-corrected chi connectivity index (χ2v) is 33.4. The lowest BCUT2D eigenvalue weighted by molar-refractivity contribution is -0.270. The van der Waals surface area contributed by atoms with Crippen LogP contribution in [0.15, 0.2) is 0 Å². The highest BCUT2D eigenvalue weighted by atomic mass is 31.2. The van der Waals surface area contributed by atoms with Crippen LogP contribution in [-0.4, -0.2) is 331 Å². The number of ether oxygens (including phenoxy) is 10. The van der Waals surface area contributed by atoms with E-state index in [0.29, 0.717) is 70.6 Å². The fourth-order valence-electron chi connectivity index (χ4n) is 11.5. The summed E-state index contributed by atoms with van der Waals surface area (Å²) in [6.45, 7) is -3.23. The molecule has 0 aromatic carbocycles. The van der Waals surface area contributed by atoms with Crippen LogP contribution in [0.2, 0.25) is 0 Å². The van der Waals surface area contributed by atoms with E-state index in [2.05, 4.69) is 16.0 Å². The first-order chi connectivity index (χ1) is 51.6. The number of hydrogen-bond donors (Lipinski definition) is 17. The van der Waals surface area contributed by atoms with E-state index >= 15 is 0 Å². The van der Waals surface area contributed by atoms with E-state index < -0.39 is 245 Å². The minimum atomic E-state index is -4.85. The van der Waals surface area contributed by atoms with E-state index in [1.807, 2.05) is 0 Å². The Hall–Kier alpha value is -1.79. The molecule has 0 bridgehead atoms. The summed E-state index contributed by atoms with van der Waals surface area (Å²) in [5.41, 5.74) is -1.67. The Kier molecular flexibility index (Phi) is 47.6. The lowest BCUT2D eigenvalue weighted by Crippen LogP contribution is -2.64. The zero-order chi connectivity index (χ0) is 80.8. The number of carbonyl (C=O) groups excluding carboxylic acids is 3. The molecule has 4 aliphatic rings. The number of nitrogens with one attached hydrogen (secondary N) is 3. The molecule has 0 aromatic heterocycles. The van der Waals surface area contributed by atoms with Crippen molar-refractivity contribution >= 4 is 64.9 Å². The summed E-state index contributed by atoms with van der Waals surface area (Å²) in [6, 6.07) is -4.31. The maximum absolute atomic E-state index is 13.8. The van der Waals surface area contributed by atoms with Gasteiger partial charge in [-0.2, -0.15) is 0 Å². The molecule has 0 saturated carbocycles. The SMILES string of the molecule is [B][C@H]1C[C@H](O[P+](=O)O)[C@@H](CCP(=O)(O)OCC(COCCCOP(=O)(O)OCCCCCCO[C@@H]2OC(CO)[C@H](O)C(O)[C@@H]2NC(C)=O)(COCCCOP(=O)(O)OCCCCCCO[C@@H]2OC(CO)[C@H](O)C(O)[C@@H]2NC(C)=O)COCOP(=O)(O)OCCCCCCO[C@@H]2OC(CO)[C@H](O)C(O)[C@@H]2NC(C)=O)O1. The van der Waals surface area contributed by atoms with Crippen LogP contribution in [0.5, 0.6) is 0 Å². The van der Waals surface area contributed by atoms with Gasteiger partial charge >= 0.3 is 39.3 Å². The zero-order valence-corrected chi connectivity index (χ0v) is 65.8. The molecule has 23 atom stereocenters. The van der Waals surface area contributed by atoms with Gasteiger partial charge in [0, 0.05) is 64.4 Å². The van der Waals surface area contributed by atoms with Crippen molar-refractivity contribution in [1.29, 1.82) is 0 Å². The zero-order valence-electron chi connectivity index (χ0n) is 61.3. The van der Waals surface area contributed by atoms with Gasteiger partial charge in [0.25, 0.3) is 0 Å². The van der Waals surface area contributed by atoms with Gasteiger partial charge in [-0.1, -0.05) is 38.5 Å². The minimum absolute atomic E-state index is 0.0190. The molecule has 11 unspecified atom stereocenters. The van der Waals surface area contributed by atoms with Crippen molar-refractivity contribution in [3.05, 3.63) is 0 Å². The van der Waals surface area contributed by atoms with Crippen LogP contribution in [0.4, 0.5) is 0 Å². The molecule has 4 saturated heterocycles. The quantitative estimate of drug-likeness (QED) is 0.0145. The van der Waals surface area contributed by atoms with Crippen molar-refractivity contribution in [2.75, 3.05) is 125 Å². The Balaban J connectivity index is 1.34. The Morgan fingerprint density at radius 3 is 1.11 bits per heavy atom. The highest BCUT2D eigenvalue weighted by molar-refractivity contribution is 7.52. The highest BCUT2D eigenvalue weighted by Gasteiger charge is 2.49. The van der Waals surface area contributed by atoms with Gasteiger partial charge in [-0.3, -0.25) is 46.1 Å². The average molecular weight is 1680 g/mol. The van der Waals surface area contributed by atoms with Crippen molar-refractivity contribution in [2.45, 2.75) is 234 Å². The first-order valence-corrected chi connectivity index (χ1v) is 43.3. The number of carbonyl (C=O) groups is 3. The third kappa shape index (κ3) is 38.9. The first-order valence-electron chi connectivity index (χ1n) is 35.9. The maximum atomic E-state index is 13.8. The molecule has 0 aromatic rings. The van der Waals surface area contributed by atoms with Crippen LogP contribution in [0.1, 0.15) is 124 Å². The third-order valence-electron chi connectivity index (χ3n) is 17.1. The molecule has 0 aliphatic carbocycles. The Morgan fingerprint density at radius 1 is 0.440 bits per heavy atom. The van der Waals surface area contributed by atoms with Gasteiger partial charge in [0.2, 0.25) is 17.7 Å². The molecule has 17 N–H and O–H groups in total. The van der Waals surface area contributed by atoms with Crippen molar-refractivity contribution < 1.29 is 191 Å². The third-order valence-corrected chi connectivity index (χ3v) is 21.9. The molecule has 0 spiro atoms. The number of phosphoric ester groups is 3. The van der Waals surface area contributed by atoms with Crippen LogP contribution < -0.4 is 16.0 Å². The molecule has 4 heterocycles. The fourth-order valence-corrected chi connectivity index (χ4v) is 15.3. The standard InChI is InChI=1S/C60H113BN3O40P5/c1-39(68)62-48-54(74)51(71)44(31-65)101-57(48)90-21-10-4-7-13-24-93-107(81,82)96-27-16-19-87-34-60(37-98-106(79,80)29-18-42-43(104-105(77)78)30-47(61)100-42,36-89-38-99-109(85,86)95-26-15-9-6-12-23-92-59-50(64-41(3)70)56(76)53(73)46(33-67)103-59)35-88-20-17-28-97-108(83,84)94-25-14-8-5-11-22-91-58-49(63-40(2)69)55(75)52(72)45(32-66)102-58/h42-59,65-67,71-76H,4-38H2,1-3H3,(H7-,62,63,64,68,69,70,77,78,79,80,81,82,83,84,85,86)/p+1/t42-,43+,44?,45?,46?,47-,48+,49+,50+,51+,52+,53+,54?,55?,56?,57-,58-,59-,60?/m1/s1. The summed E-state index contributed by atoms with van der Waals surface area (Å²) >= 11 is 0. The smallest absolute Gasteiger partial charge is 0.394 e. The summed E-state index contributed by atoms with van der Waals surface area (Å²) in [7, 11) is -16.0. The van der Waals surface area contributed by atoms with Crippen molar-refractivity contribution in [1.82, 2.24) is 16.0 Å². The summed E-state index contributed by atoms with van der Waals surface area (Å²) in [4.78, 5) is 87.4. The normalized spacial score (nSPS) is 30.3. The van der Waals surface area contributed by atoms with Gasteiger partial charge in [0.15, 0.2) is 25.7 Å². The van der Waals surface area contributed by atoms with Crippen LogP contribution in [0, 0.1) is 5.41 Å². The molecule has 2 radical (unpaired) electrons. The van der Waals surface area contributed by atoms with Gasteiger partial charge in [0.05, 0.1) is 97.0 Å². The van der Waals surface area contributed by atoms with Crippen molar-refractivity contribution in [3.8, 4) is 0 Å². The Morgan fingerprint density at radius 2 is 0.771 bits per heavy atom. The van der Waals surface area contributed by atoms with Crippen LogP contribution in [0.25, 0.3) is 0 Å². The lowest BCUT2D eigenvalue weighted by Gasteiger charge is -2.42. The van der Waals surface area contributed by atoms with Gasteiger partial charge in [0.1, 0.15) is 87.0 Å². The van der Waals surface area contributed by atoms with Crippen LogP contribution >= 0.6 is 39.3 Å². The predicted molar refractivity (Wildman–Crippen MR) is 373 cm³/mol. The summed E-state index contributed by atoms with van der Waals surface area (Å²) in [5.74, 6) is -1.56. The molecule has 4 aliphatic heterocycles. The van der Waals surface area contributed by atoms with Gasteiger partial charge in [-0.05, 0) is 64.2 Å².